The van der Waals surface area contributed by atoms with Crippen LogP contribution in [0.5, 0.6) is 0 Å². The minimum absolute atomic E-state index is 0.0903. The maximum absolute atomic E-state index is 8.49. The number of rotatable bonds is 2. The van der Waals surface area contributed by atoms with Gasteiger partial charge in [0.1, 0.15) is 5.76 Å². The molecular formula is C5H8ClNO. The van der Waals surface area contributed by atoms with Gasteiger partial charge in [-0.15, -0.1) is 0 Å². The van der Waals surface area contributed by atoms with E-state index in [4.69, 9.17) is 16.7 Å². The summed E-state index contributed by atoms with van der Waals surface area (Å²) < 4.78 is 0. The average Bonchev–Trinajstić information content (AvgIpc) is 1.67. The van der Waals surface area contributed by atoms with E-state index in [9.17, 15) is 0 Å². The fourth-order valence-corrected chi connectivity index (χ4v) is 0.350. The average molecular weight is 134 g/mol. The third-order valence-electron chi connectivity index (χ3n) is 0.535. The van der Waals surface area contributed by atoms with Crippen LogP contribution in [0.25, 0.3) is 0 Å². The predicted octanol–water partition coefficient (Wildman–Crippen LogP) is 1.72. The summed E-state index contributed by atoms with van der Waals surface area (Å²) in [5.41, 5.74) is 0. The highest BCUT2D eigenvalue weighted by molar-refractivity contribution is 6.69. The first-order chi connectivity index (χ1) is 3.68. The number of allylic oxidation sites excluding steroid dienone is 1. The predicted molar refractivity (Wildman–Crippen MR) is 35.6 cm³/mol. The first kappa shape index (κ1) is 7.50. The molecular weight excluding hydrogens is 126 g/mol. The number of aliphatic hydroxyl groups is 1. The molecule has 0 rings (SSSR count). The summed E-state index contributed by atoms with van der Waals surface area (Å²) in [7, 11) is 0. The van der Waals surface area contributed by atoms with Gasteiger partial charge in [0, 0.05) is 6.54 Å². The van der Waals surface area contributed by atoms with E-state index in [0.29, 0.717) is 6.54 Å². The lowest BCUT2D eigenvalue weighted by Crippen LogP contribution is -1.90. The fourth-order valence-electron chi connectivity index (χ4n) is 0.230. The Morgan fingerprint density at radius 3 is 2.50 bits per heavy atom. The second-order valence-corrected chi connectivity index (χ2v) is 1.57. The number of aliphatic imine (C=N–C) groups is 1. The lowest BCUT2D eigenvalue weighted by molar-refractivity contribution is 0.447. The molecule has 0 unspecified atom stereocenters. The van der Waals surface area contributed by atoms with Crippen molar-refractivity contribution in [2.24, 2.45) is 4.99 Å². The van der Waals surface area contributed by atoms with Crippen molar-refractivity contribution in [3.8, 4) is 0 Å². The van der Waals surface area contributed by atoms with Crippen LogP contribution in [-0.2, 0) is 0 Å². The summed E-state index contributed by atoms with van der Waals surface area (Å²) >= 11 is 5.32. The van der Waals surface area contributed by atoms with E-state index in [-0.39, 0.29) is 10.9 Å². The molecule has 0 saturated carbocycles. The number of nitrogens with zero attached hydrogens (tertiary/aromatic N) is 1. The molecule has 0 aliphatic heterocycles. The van der Waals surface area contributed by atoms with Gasteiger partial charge >= 0.3 is 0 Å². The molecule has 8 heavy (non-hydrogen) atoms. The van der Waals surface area contributed by atoms with Gasteiger partial charge in [-0.3, -0.25) is 4.99 Å². The molecule has 0 fully saturated rings. The largest absolute Gasteiger partial charge is 0.505 e. The highest BCUT2D eigenvalue weighted by Gasteiger charge is 1.92. The van der Waals surface area contributed by atoms with Crippen LogP contribution in [0.2, 0.25) is 0 Å². The second-order valence-electron chi connectivity index (χ2n) is 1.21. The van der Waals surface area contributed by atoms with E-state index >= 15 is 0 Å². The van der Waals surface area contributed by atoms with Crippen molar-refractivity contribution < 1.29 is 5.11 Å². The zero-order valence-corrected chi connectivity index (χ0v) is 5.44. The van der Waals surface area contributed by atoms with E-state index in [2.05, 4.69) is 11.6 Å². The monoisotopic (exact) mass is 133 g/mol. The van der Waals surface area contributed by atoms with E-state index in [0.717, 1.165) is 0 Å². The Morgan fingerprint density at radius 1 is 1.88 bits per heavy atom. The molecule has 0 aromatic heterocycles. The summed E-state index contributed by atoms with van der Waals surface area (Å²) in [6, 6.07) is 0. The summed E-state index contributed by atoms with van der Waals surface area (Å²) in [6.45, 7) is 5.56. The first-order valence-electron chi connectivity index (χ1n) is 2.26. The van der Waals surface area contributed by atoms with Gasteiger partial charge in [-0.1, -0.05) is 18.2 Å². The first-order valence-corrected chi connectivity index (χ1v) is 2.64. The highest BCUT2D eigenvalue weighted by atomic mass is 35.5. The molecule has 2 nitrogen and oxygen atoms in total. The number of hydrogen-bond acceptors (Lipinski definition) is 2. The van der Waals surface area contributed by atoms with Gasteiger partial charge in [-0.05, 0) is 6.92 Å². The lowest BCUT2D eigenvalue weighted by atomic mass is 10.6. The summed E-state index contributed by atoms with van der Waals surface area (Å²) in [4.78, 5) is 3.66. The van der Waals surface area contributed by atoms with Crippen molar-refractivity contribution in [3.05, 3.63) is 12.3 Å². The number of aliphatic hydroxyl groups excluding tert-OH is 1. The van der Waals surface area contributed by atoms with E-state index in [1.54, 1.807) is 0 Å². The second kappa shape index (κ2) is 3.50. The Kier molecular flexibility index (Phi) is 3.28. The third kappa shape index (κ3) is 2.64. The molecule has 0 atom stereocenters. The molecule has 1 N–H and O–H groups in total. The van der Waals surface area contributed by atoms with E-state index in [1.165, 1.54) is 0 Å². The summed E-state index contributed by atoms with van der Waals surface area (Å²) in [6.07, 6.45) is 0. The Morgan fingerprint density at radius 2 is 2.38 bits per heavy atom. The molecule has 0 bridgehead atoms. The third-order valence-corrected chi connectivity index (χ3v) is 0.873. The van der Waals surface area contributed by atoms with Crippen LogP contribution >= 0.6 is 11.6 Å². The summed E-state index contributed by atoms with van der Waals surface area (Å²) in [5.74, 6) is -0.173. The van der Waals surface area contributed by atoms with Crippen molar-refractivity contribution in [2.45, 2.75) is 6.92 Å². The number of halogens is 1. The maximum Gasteiger partial charge on any atom is 0.165 e. The van der Waals surface area contributed by atoms with Crippen LogP contribution in [0.4, 0.5) is 0 Å². The van der Waals surface area contributed by atoms with Crippen LogP contribution < -0.4 is 0 Å². The zero-order chi connectivity index (χ0) is 6.57. The molecule has 0 aromatic carbocycles. The molecule has 0 aromatic rings. The quantitative estimate of drug-likeness (QED) is 0.452. The molecule has 0 radical (unpaired) electrons. The molecule has 46 valence electrons. The Bertz CT molecular complexity index is 120. The smallest absolute Gasteiger partial charge is 0.165 e. The normalized spacial score (nSPS) is 11.5. The van der Waals surface area contributed by atoms with Crippen molar-refractivity contribution in [2.75, 3.05) is 6.54 Å². The van der Waals surface area contributed by atoms with Crippen LogP contribution in [-0.4, -0.2) is 16.8 Å². The van der Waals surface area contributed by atoms with Gasteiger partial charge in [0.15, 0.2) is 5.17 Å². The van der Waals surface area contributed by atoms with Crippen molar-refractivity contribution in [1.29, 1.82) is 0 Å². The van der Waals surface area contributed by atoms with Gasteiger partial charge in [0.05, 0.1) is 0 Å². The van der Waals surface area contributed by atoms with Crippen LogP contribution in [0, 0.1) is 0 Å². The van der Waals surface area contributed by atoms with Crippen LogP contribution in [0.1, 0.15) is 6.92 Å². The van der Waals surface area contributed by atoms with Crippen molar-refractivity contribution in [3.63, 3.8) is 0 Å². The van der Waals surface area contributed by atoms with Crippen LogP contribution in [0.3, 0.4) is 0 Å². The van der Waals surface area contributed by atoms with E-state index in [1.807, 2.05) is 6.92 Å². The maximum atomic E-state index is 8.49. The molecule has 3 heteroatoms. The SMILES string of the molecule is C=C(O)C(Cl)=NCC. The van der Waals surface area contributed by atoms with Gasteiger partial charge < -0.3 is 5.11 Å². The molecule has 0 spiro atoms. The topological polar surface area (TPSA) is 32.6 Å². The molecule has 0 amide bonds. The number of hydrogen-bond donors (Lipinski definition) is 1. The molecule has 0 aliphatic rings. The zero-order valence-electron chi connectivity index (χ0n) is 4.69. The van der Waals surface area contributed by atoms with E-state index < -0.39 is 0 Å². The summed E-state index contributed by atoms with van der Waals surface area (Å²) in [5, 5.41) is 8.59. The molecule has 0 saturated heterocycles. The lowest BCUT2D eigenvalue weighted by Gasteiger charge is -1.89. The molecule has 0 heterocycles. The fraction of sp³-hybridized carbons (Fsp3) is 0.400. The van der Waals surface area contributed by atoms with Crippen LogP contribution in [0.15, 0.2) is 17.3 Å². The Hall–Kier alpha value is -0.500. The highest BCUT2D eigenvalue weighted by Crippen LogP contribution is 1.94. The van der Waals surface area contributed by atoms with Gasteiger partial charge in [0.25, 0.3) is 0 Å². The van der Waals surface area contributed by atoms with Gasteiger partial charge in [-0.2, -0.15) is 0 Å². The molecule has 0 aliphatic carbocycles. The van der Waals surface area contributed by atoms with Gasteiger partial charge in [-0.25, -0.2) is 0 Å². The van der Waals surface area contributed by atoms with Crippen molar-refractivity contribution >= 4 is 16.8 Å². The Labute approximate surface area is 53.5 Å². The van der Waals surface area contributed by atoms with Gasteiger partial charge in [0.2, 0.25) is 0 Å². The standard InChI is InChI=1S/C5H8ClNO/c1-3-7-5(6)4(2)8/h8H,2-3H2,1H3. The minimum Gasteiger partial charge on any atom is -0.505 e. The van der Waals surface area contributed by atoms with Crippen molar-refractivity contribution in [1.82, 2.24) is 0 Å². The Balaban J connectivity index is 3.80. The minimum atomic E-state index is -0.173.